The molecule has 5 aliphatic rings. The van der Waals surface area contributed by atoms with Gasteiger partial charge in [-0.15, -0.1) is 0 Å². The molecule has 3 heterocycles. The summed E-state index contributed by atoms with van der Waals surface area (Å²) in [5, 5.41) is 0. The molecule has 216 valence electrons. The lowest BCUT2D eigenvalue weighted by Gasteiger charge is -2.66. The smallest absolute Gasteiger partial charge is 0.270 e. The predicted octanol–water partition coefficient (Wildman–Crippen LogP) is 6.20. The van der Waals surface area contributed by atoms with Crippen LogP contribution in [0.4, 0.5) is 0 Å². The highest BCUT2D eigenvalue weighted by molar-refractivity contribution is 5.94. The summed E-state index contributed by atoms with van der Waals surface area (Å²) in [6.07, 6.45) is 8.25. The maximum absolute atomic E-state index is 13.7. The highest BCUT2D eigenvalue weighted by Gasteiger charge is 2.72. The first kappa shape index (κ1) is 26.4. The van der Waals surface area contributed by atoms with Gasteiger partial charge in [0.25, 0.3) is 5.91 Å². The maximum Gasteiger partial charge on any atom is 0.270 e. The Balaban J connectivity index is 1.46. The van der Waals surface area contributed by atoms with E-state index in [-0.39, 0.29) is 22.8 Å². The lowest BCUT2D eigenvalue weighted by Crippen LogP contribution is -2.70. The van der Waals surface area contributed by atoms with E-state index in [1.807, 2.05) is 4.90 Å². The quantitative estimate of drug-likeness (QED) is 0.407. The van der Waals surface area contributed by atoms with Gasteiger partial charge >= 0.3 is 0 Å². The van der Waals surface area contributed by atoms with E-state index in [0.29, 0.717) is 25.0 Å². The number of carbonyl (C=O) groups is 1. The number of hydrogen-bond acceptors (Lipinski definition) is 4. The Morgan fingerprint density at radius 3 is 2.70 bits per heavy atom. The minimum Gasteiger partial charge on any atom is -0.493 e. The Morgan fingerprint density at radius 2 is 2.02 bits per heavy atom. The van der Waals surface area contributed by atoms with Gasteiger partial charge in [-0.3, -0.25) is 9.69 Å². The average Bonchev–Trinajstić information content (AvgIpc) is 3.61. The fourth-order valence-corrected chi connectivity index (χ4v) is 9.32. The first-order chi connectivity index (χ1) is 19.3. The van der Waals surface area contributed by atoms with E-state index < -0.39 is 0 Å². The molecule has 3 aliphatic carbocycles. The molecule has 1 amide bonds. The van der Waals surface area contributed by atoms with Crippen LogP contribution >= 0.6 is 0 Å². The summed E-state index contributed by atoms with van der Waals surface area (Å²) in [5.74, 6) is 3.43. The molecule has 4 atom stereocenters. The van der Waals surface area contributed by atoms with Crippen LogP contribution in [0, 0.1) is 24.2 Å². The van der Waals surface area contributed by atoms with Crippen molar-refractivity contribution in [1.29, 1.82) is 0 Å². The number of rotatable bonds is 9. The largest absolute Gasteiger partial charge is 0.493 e. The molecular weight excluding hydrogens is 498 g/mol. The first-order valence-electron chi connectivity index (χ1n) is 15.9. The average molecular weight is 546 g/mol. The van der Waals surface area contributed by atoms with Gasteiger partial charge in [0.1, 0.15) is 11.8 Å². The summed E-state index contributed by atoms with van der Waals surface area (Å²) in [6.45, 7) is 14.8. The molecule has 1 N–H and O–H groups in total. The molecule has 1 spiro atoms. The predicted molar refractivity (Wildman–Crippen MR) is 157 cm³/mol. The van der Waals surface area contributed by atoms with Crippen molar-refractivity contribution in [1.82, 2.24) is 14.8 Å². The number of H-pyrrole nitrogens is 1. The number of hydrogen-bond donors (Lipinski definition) is 1. The molecule has 1 saturated carbocycles. The van der Waals surface area contributed by atoms with Gasteiger partial charge in [0.15, 0.2) is 11.5 Å². The van der Waals surface area contributed by atoms with Crippen molar-refractivity contribution in [3.05, 3.63) is 45.8 Å². The fourth-order valence-electron chi connectivity index (χ4n) is 9.32. The van der Waals surface area contributed by atoms with E-state index in [2.05, 4.69) is 56.6 Å². The van der Waals surface area contributed by atoms with Gasteiger partial charge < -0.3 is 19.4 Å². The molecule has 1 saturated heterocycles. The van der Waals surface area contributed by atoms with Gasteiger partial charge in [0, 0.05) is 36.7 Å². The lowest BCUT2D eigenvalue weighted by molar-refractivity contribution is -0.117. The highest BCUT2D eigenvalue weighted by Crippen LogP contribution is 2.73. The van der Waals surface area contributed by atoms with Crippen molar-refractivity contribution in [2.75, 3.05) is 33.3 Å². The molecule has 6 heteroatoms. The van der Waals surface area contributed by atoms with Gasteiger partial charge in [-0.25, -0.2) is 0 Å². The number of ether oxygens (including phenoxy) is 2. The number of piperidine rings is 1. The van der Waals surface area contributed by atoms with Crippen LogP contribution in [-0.4, -0.2) is 60.0 Å². The standard InChI is InChI=1S/C34H47N3O3/c1-7-36(8-2)32(38)28-21(5)24-18-33(14-13-20(3)4)26-17-23-11-12-25(39-6)30-27(23)34(33,31(40-30)29(24)35-28)15-16-37(26)19-22-9-10-22/h11-12,20,22,26,31,35H,7-10,13-19H2,1-6H3/t26-,31+,33+,34?/m1/s1. The minimum atomic E-state index is -0.115. The molecule has 2 fully saturated rings. The SMILES string of the molecule is CCN(CC)C(=O)c1[nH]c2c(c1C)C[C@@]1(CCC(C)C)[C@H]3Cc4ccc(OC)c5c4C1(CCN3CC1CC1)[C@H]2O5. The molecule has 1 aromatic carbocycles. The maximum atomic E-state index is 13.7. The number of benzene rings is 1. The summed E-state index contributed by atoms with van der Waals surface area (Å²) in [7, 11) is 1.77. The highest BCUT2D eigenvalue weighted by atomic mass is 16.5. The number of amides is 1. The van der Waals surface area contributed by atoms with Crippen LogP contribution in [-0.2, 0) is 18.3 Å². The van der Waals surface area contributed by atoms with Crippen LogP contribution in [0.25, 0.3) is 0 Å². The molecule has 2 aliphatic heterocycles. The van der Waals surface area contributed by atoms with E-state index in [0.717, 1.165) is 60.2 Å². The number of fused-ring (bicyclic) bond motifs is 2. The molecule has 1 unspecified atom stereocenters. The Hall–Kier alpha value is -2.47. The fraction of sp³-hybridized carbons (Fsp3) is 0.676. The van der Waals surface area contributed by atoms with Gasteiger partial charge in [0.2, 0.25) is 0 Å². The number of aromatic amines is 1. The van der Waals surface area contributed by atoms with E-state index >= 15 is 0 Å². The van der Waals surface area contributed by atoms with Gasteiger partial charge in [-0.2, -0.15) is 0 Å². The third-order valence-electron chi connectivity index (χ3n) is 11.5. The van der Waals surface area contributed by atoms with Crippen LogP contribution in [0.3, 0.4) is 0 Å². The van der Waals surface area contributed by atoms with Crippen molar-refractivity contribution >= 4 is 5.91 Å². The van der Waals surface area contributed by atoms with Crippen LogP contribution < -0.4 is 9.47 Å². The Morgan fingerprint density at radius 1 is 1.25 bits per heavy atom. The second-order valence-electron chi connectivity index (χ2n) is 13.8. The zero-order chi connectivity index (χ0) is 28.0. The molecule has 7 rings (SSSR count). The first-order valence-corrected chi connectivity index (χ1v) is 15.9. The number of nitrogens with zero attached hydrogens (tertiary/aromatic N) is 2. The third-order valence-corrected chi connectivity index (χ3v) is 11.5. The zero-order valence-corrected chi connectivity index (χ0v) is 25.4. The van der Waals surface area contributed by atoms with Crippen LogP contribution in [0.2, 0.25) is 0 Å². The zero-order valence-electron chi connectivity index (χ0n) is 25.4. The summed E-state index contributed by atoms with van der Waals surface area (Å²) in [4.78, 5) is 22.3. The molecule has 6 nitrogen and oxygen atoms in total. The Labute approximate surface area is 239 Å². The van der Waals surface area contributed by atoms with Gasteiger partial charge in [-0.1, -0.05) is 26.3 Å². The van der Waals surface area contributed by atoms with E-state index in [9.17, 15) is 4.79 Å². The van der Waals surface area contributed by atoms with Crippen LogP contribution in [0.15, 0.2) is 12.1 Å². The van der Waals surface area contributed by atoms with E-state index in [1.54, 1.807) is 7.11 Å². The number of nitrogens with one attached hydrogen (secondary N) is 1. The number of aromatic nitrogens is 1. The Kier molecular flexibility index (Phi) is 6.13. The van der Waals surface area contributed by atoms with Crippen molar-refractivity contribution in [2.45, 2.75) is 97.1 Å². The van der Waals surface area contributed by atoms with Crippen molar-refractivity contribution in [3.63, 3.8) is 0 Å². The lowest BCUT2D eigenvalue weighted by atomic mass is 9.42. The second kappa shape index (κ2) is 9.27. The van der Waals surface area contributed by atoms with E-state index in [4.69, 9.17) is 9.47 Å². The van der Waals surface area contributed by atoms with Gasteiger partial charge in [0.05, 0.1) is 18.2 Å². The van der Waals surface area contributed by atoms with Crippen LogP contribution in [0.5, 0.6) is 11.5 Å². The number of likely N-dealkylation sites (tertiary alicyclic amines) is 1. The van der Waals surface area contributed by atoms with Gasteiger partial charge in [-0.05, 0) is 100 Å². The molecule has 2 aromatic rings. The summed E-state index contributed by atoms with van der Waals surface area (Å²) in [6, 6.07) is 4.94. The molecule has 0 radical (unpaired) electrons. The molecule has 40 heavy (non-hydrogen) atoms. The second-order valence-corrected chi connectivity index (χ2v) is 13.8. The third kappa shape index (κ3) is 3.41. The van der Waals surface area contributed by atoms with Crippen LogP contribution in [0.1, 0.15) is 104 Å². The number of carbonyl (C=O) groups excluding carboxylic acids is 1. The summed E-state index contributed by atoms with van der Waals surface area (Å²) >= 11 is 0. The summed E-state index contributed by atoms with van der Waals surface area (Å²) < 4.78 is 13.1. The summed E-state index contributed by atoms with van der Waals surface area (Å²) in [5.41, 5.74) is 7.22. The monoisotopic (exact) mass is 545 g/mol. The molecule has 2 bridgehead atoms. The number of methoxy groups -OCH3 is 1. The van der Waals surface area contributed by atoms with Crippen molar-refractivity contribution < 1.29 is 14.3 Å². The normalized spacial score (nSPS) is 29.7. The topological polar surface area (TPSA) is 57.8 Å². The minimum absolute atomic E-state index is 0.0646. The Bertz CT molecular complexity index is 1340. The molecular formula is C34H47N3O3. The van der Waals surface area contributed by atoms with Crippen molar-refractivity contribution in [3.8, 4) is 11.5 Å². The van der Waals surface area contributed by atoms with E-state index in [1.165, 1.54) is 48.9 Å². The van der Waals surface area contributed by atoms with Crippen molar-refractivity contribution in [2.24, 2.45) is 17.3 Å². The molecule has 1 aromatic heterocycles.